The molecule has 4 aromatic rings. The Kier molecular flexibility index (Phi) is 5.28. The fourth-order valence-corrected chi connectivity index (χ4v) is 2.98. The number of nitrogens with one attached hydrogen (secondary N) is 1. The summed E-state index contributed by atoms with van der Waals surface area (Å²) in [4.78, 5) is 20.8. The smallest absolute Gasteiger partial charge is 0.433 e. The van der Waals surface area contributed by atoms with Gasteiger partial charge in [0, 0.05) is 17.8 Å². The summed E-state index contributed by atoms with van der Waals surface area (Å²) in [6.45, 7) is 0.113. The van der Waals surface area contributed by atoms with Crippen LogP contribution in [0, 0.1) is 0 Å². The van der Waals surface area contributed by atoms with Crippen molar-refractivity contribution >= 4 is 11.6 Å². The number of methoxy groups -OCH3 is 1. The second-order valence-corrected chi connectivity index (χ2v) is 6.56. The Bertz CT molecular complexity index is 1240. The maximum Gasteiger partial charge on any atom is 0.433 e. The van der Waals surface area contributed by atoms with Crippen molar-refractivity contribution in [2.45, 2.75) is 12.7 Å². The number of alkyl halides is 3. The van der Waals surface area contributed by atoms with E-state index in [0.717, 1.165) is 6.07 Å². The molecular formula is C21H16F3N5O2. The normalized spacial score (nSPS) is 11.5. The number of aromatic nitrogens is 4. The standard InChI is InChI=1S/C21H16F3N5O2/c1-31-15-7-4-5-13(9-15)16-10-18(21(22,23)24)29-19(27-16)11-17(28-29)20(30)26-12-14-6-2-3-8-25-14/h2-11H,12H2,1H3,(H,26,30). The number of carbonyl (C=O) groups is 1. The van der Waals surface area contributed by atoms with E-state index in [4.69, 9.17) is 4.74 Å². The summed E-state index contributed by atoms with van der Waals surface area (Å²) in [5.74, 6) is -0.150. The summed E-state index contributed by atoms with van der Waals surface area (Å²) in [5, 5.41) is 6.43. The van der Waals surface area contributed by atoms with Crippen molar-refractivity contribution in [1.82, 2.24) is 24.9 Å². The van der Waals surface area contributed by atoms with Crippen molar-refractivity contribution in [3.05, 3.63) is 77.9 Å². The van der Waals surface area contributed by atoms with Crippen LogP contribution in [-0.4, -0.2) is 32.6 Å². The molecule has 4 rings (SSSR count). The maximum atomic E-state index is 13.7. The van der Waals surface area contributed by atoms with E-state index in [0.29, 0.717) is 21.5 Å². The van der Waals surface area contributed by atoms with E-state index in [9.17, 15) is 18.0 Å². The van der Waals surface area contributed by atoms with Gasteiger partial charge in [-0.15, -0.1) is 0 Å². The summed E-state index contributed by atoms with van der Waals surface area (Å²) < 4.78 is 46.9. The molecule has 31 heavy (non-hydrogen) atoms. The van der Waals surface area contributed by atoms with E-state index in [1.807, 2.05) is 0 Å². The van der Waals surface area contributed by atoms with Gasteiger partial charge in [-0.2, -0.15) is 18.3 Å². The van der Waals surface area contributed by atoms with Crippen LogP contribution in [0.2, 0.25) is 0 Å². The molecule has 7 nitrogen and oxygen atoms in total. The van der Waals surface area contributed by atoms with Gasteiger partial charge in [0.1, 0.15) is 5.75 Å². The fourth-order valence-electron chi connectivity index (χ4n) is 2.98. The van der Waals surface area contributed by atoms with Gasteiger partial charge < -0.3 is 10.1 Å². The zero-order valence-corrected chi connectivity index (χ0v) is 16.2. The SMILES string of the molecule is COc1cccc(-c2cc(C(F)(F)F)n3nc(C(=O)NCc4ccccn4)cc3n2)c1. The first-order valence-corrected chi connectivity index (χ1v) is 9.16. The summed E-state index contributed by atoms with van der Waals surface area (Å²) in [6.07, 6.45) is -3.13. The van der Waals surface area contributed by atoms with Crippen LogP contribution in [-0.2, 0) is 12.7 Å². The lowest BCUT2D eigenvalue weighted by molar-refractivity contribution is -0.142. The monoisotopic (exact) mass is 427 g/mol. The third-order valence-electron chi connectivity index (χ3n) is 4.47. The Morgan fingerprint density at radius 2 is 1.97 bits per heavy atom. The van der Waals surface area contributed by atoms with Crippen LogP contribution in [0.3, 0.4) is 0 Å². The third kappa shape index (κ3) is 4.32. The van der Waals surface area contributed by atoms with Crippen LogP contribution in [0.15, 0.2) is 60.8 Å². The number of hydrogen-bond donors (Lipinski definition) is 1. The van der Waals surface area contributed by atoms with Crippen molar-refractivity contribution in [3.8, 4) is 17.0 Å². The molecule has 3 heterocycles. The maximum absolute atomic E-state index is 13.7. The van der Waals surface area contributed by atoms with Gasteiger partial charge in [-0.3, -0.25) is 9.78 Å². The van der Waals surface area contributed by atoms with Crippen LogP contribution >= 0.6 is 0 Å². The molecular weight excluding hydrogens is 411 g/mol. The molecule has 0 atom stereocenters. The number of fused-ring (bicyclic) bond motifs is 1. The Morgan fingerprint density at radius 3 is 2.68 bits per heavy atom. The van der Waals surface area contributed by atoms with E-state index in [1.54, 1.807) is 48.7 Å². The number of benzene rings is 1. The number of ether oxygens (including phenoxy) is 1. The molecule has 3 aromatic heterocycles. The number of nitrogens with zero attached hydrogens (tertiary/aromatic N) is 4. The van der Waals surface area contributed by atoms with Crippen molar-refractivity contribution in [3.63, 3.8) is 0 Å². The number of pyridine rings is 1. The second-order valence-electron chi connectivity index (χ2n) is 6.56. The highest BCUT2D eigenvalue weighted by Gasteiger charge is 2.35. The highest BCUT2D eigenvalue weighted by molar-refractivity contribution is 5.93. The van der Waals surface area contributed by atoms with Gasteiger partial charge in [-0.25, -0.2) is 9.50 Å². The minimum atomic E-state index is -4.71. The molecule has 158 valence electrons. The summed E-state index contributed by atoms with van der Waals surface area (Å²) in [6, 6.07) is 13.9. The van der Waals surface area contributed by atoms with Crippen LogP contribution in [0.5, 0.6) is 5.75 Å². The van der Waals surface area contributed by atoms with E-state index in [2.05, 4.69) is 20.4 Å². The van der Waals surface area contributed by atoms with Crippen LogP contribution in [0.1, 0.15) is 21.9 Å². The van der Waals surface area contributed by atoms with Crippen LogP contribution < -0.4 is 10.1 Å². The average Bonchev–Trinajstić information content (AvgIpc) is 3.21. The Morgan fingerprint density at radius 1 is 1.13 bits per heavy atom. The minimum absolute atomic E-state index is 0.0825. The summed E-state index contributed by atoms with van der Waals surface area (Å²) in [5.41, 5.74) is -0.200. The lowest BCUT2D eigenvalue weighted by atomic mass is 10.1. The molecule has 0 unspecified atom stereocenters. The third-order valence-corrected chi connectivity index (χ3v) is 4.47. The Hall–Kier alpha value is -3.95. The predicted molar refractivity (Wildman–Crippen MR) is 105 cm³/mol. The molecule has 0 aliphatic heterocycles. The lowest BCUT2D eigenvalue weighted by Crippen LogP contribution is -2.24. The van der Waals surface area contributed by atoms with Gasteiger partial charge in [-0.1, -0.05) is 18.2 Å². The highest BCUT2D eigenvalue weighted by atomic mass is 19.4. The number of carbonyl (C=O) groups excluding carboxylic acids is 1. The molecule has 0 bridgehead atoms. The predicted octanol–water partition coefficient (Wildman–Crippen LogP) is 3.75. The first-order chi connectivity index (χ1) is 14.8. The van der Waals surface area contributed by atoms with Crippen LogP contribution in [0.4, 0.5) is 13.2 Å². The van der Waals surface area contributed by atoms with Crippen LogP contribution in [0.25, 0.3) is 16.9 Å². The largest absolute Gasteiger partial charge is 0.497 e. The van der Waals surface area contributed by atoms with Gasteiger partial charge in [0.05, 0.1) is 25.0 Å². The summed E-state index contributed by atoms with van der Waals surface area (Å²) in [7, 11) is 1.46. The molecule has 0 saturated heterocycles. The lowest BCUT2D eigenvalue weighted by Gasteiger charge is -2.11. The number of halogens is 3. The quantitative estimate of drug-likeness (QED) is 0.525. The van der Waals surface area contributed by atoms with Crippen molar-refractivity contribution in [1.29, 1.82) is 0 Å². The fraction of sp³-hybridized carbons (Fsp3) is 0.143. The van der Waals surface area contributed by atoms with E-state index in [1.165, 1.54) is 13.2 Å². The molecule has 10 heteroatoms. The number of hydrogen-bond acceptors (Lipinski definition) is 5. The van der Waals surface area contributed by atoms with Crippen molar-refractivity contribution in [2.24, 2.45) is 0 Å². The van der Waals surface area contributed by atoms with E-state index < -0.39 is 17.8 Å². The molecule has 1 amide bonds. The van der Waals surface area contributed by atoms with Gasteiger partial charge in [0.2, 0.25) is 0 Å². The van der Waals surface area contributed by atoms with E-state index >= 15 is 0 Å². The second kappa shape index (κ2) is 8.05. The number of rotatable bonds is 5. The van der Waals surface area contributed by atoms with Crippen molar-refractivity contribution < 1.29 is 22.7 Å². The Balaban J connectivity index is 1.72. The molecule has 1 aromatic carbocycles. The van der Waals surface area contributed by atoms with Gasteiger partial charge in [0.15, 0.2) is 17.0 Å². The molecule has 0 radical (unpaired) electrons. The molecule has 1 N–H and O–H groups in total. The van der Waals surface area contributed by atoms with Gasteiger partial charge >= 0.3 is 6.18 Å². The summed E-state index contributed by atoms with van der Waals surface area (Å²) >= 11 is 0. The number of amides is 1. The first kappa shape index (κ1) is 20.3. The molecule has 0 aliphatic carbocycles. The zero-order valence-electron chi connectivity index (χ0n) is 16.2. The minimum Gasteiger partial charge on any atom is -0.497 e. The van der Waals surface area contributed by atoms with E-state index in [-0.39, 0.29) is 23.6 Å². The molecule has 0 aliphatic rings. The van der Waals surface area contributed by atoms with Crippen molar-refractivity contribution in [2.75, 3.05) is 7.11 Å². The first-order valence-electron chi connectivity index (χ1n) is 9.16. The average molecular weight is 427 g/mol. The van der Waals surface area contributed by atoms with Gasteiger partial charge in [0.25, 0.3) is 5.91 Å². The topological polar surface area (TPSA) is 81.4 Å². The Labute approximate surface area is 174 Å². The molecule has 0 spiro atoms. The molecule has 0 fully saturated rings. The van der Waals surface area contributed by atoms with Gasteiger partial charge in [-0.05, 0) is 30.3 Å². The zero-order chi connectivity index (χ0) is 22.0. The highest BCUT2D eigenvalue weighted by Crippen LogP contribution is 2.33. The molecule has 0 saturated carbocycles.